The van der Waals surface area contributed by atoms with Crippen LogP contribution in [-0.2, 0) is 17.1 Å². The summed E-state index contributed by atoms with van der Waals surface area (Å²) in [5.41, 5.74) is 5.42. The molecule has 0 bridgehead atoms. The van der Waals surface area contributed by atoms with Crippen LogP contribution in [0, 0.1) is 13.8 Å². The lowest BCUT2D eigenvalue weighted by molar-refractivity contribution is 0.539. The van der Waals surface area contributed by atoms with Gasteiger partial charge in [-0.25, -0.2) is 8.42 Å². The Morgan fingerprint density at radius 1 is 1.13 bits per heavy atom. The van der Waals surface area contributed by atoms with E-state index in [0.717, 1.165) is 34.6 Å². The largest absolute Gasteiger partial charge is 0.351 e. The number of rotatable bonds is 5. The van der Waals surface area contributed by atoms with Crippen molar-refractivity contribution in [2.45, 2.75) is 25.9 Å². The first-order chi connectivity index (χ1) is 14.7. The van der Waals surface area contributed by atoms with Crippen molar-refractivity contribution in [2.75, 3.05) is 15.9 Å². The Morgan fingerprint density at radius 2 is 1.90 bits per heavy atom. The average molecular weight is 456 g/mol. The van der Waals surface area contributed by atoms with E-state index < -0.39 is 10.0 Å². The van der Waals surface area contributed by atoms with Gasteiger partial charge in [0.15, 0.2) is 5.11 Å². The van der Waals surface area contributed by atoms with Gasteiger partial charge >= 0.3 is 0 Å². The maximum Gasteiger partial charge on any atom is 0.229 e. The van der Waals surface area contributed by atoms with Crippen LogP contribution in [0.3, 0.4) is 0 Å². The molecular weight excluding hydrogens is 430 g/mol. The molecule has 0 amide bonds. The number of thiocarbonyl (C=S) groups is 1. The van der Waals surface area contributed by atoms with Crippen LogP contribution in [0.1, 0.15) is 34.7 Å². The first-order valence-electron chi connectivity index (χ1n) is 9.87. The van der Waals surface area contributed by atoms with Gasteiger partial charge in [-0.15, -0.1) is 0 Å². The molecule has 3 aromatic rings. The van der Waals surface area contributed by atoms with Gasteiger partial charge in [0.1, 0.15) is 6.04 Å². The third-order valence-electron chi connectivity index (χ3n) is 5.60. The van der Waals surface area contributed by atoms with Crippen molar-refractivity contribution in [3.63, 3.8) is 0 Å². The maximum atomic E-state index is 11.7. The Morgan fingerprint density at radius 3 is 2.48 bits per heavy atom. The van der Waals surface area contributed by atoms with E-state index in [2.05, 4.69) is 43.5 Å². The van der Waals surface area contributed by atoms with Crippen LogP contribution in [0.15, 0.2) is 54.7 Å². The van der Waals surface area contributed by atoms with E-state index in [1.807, 2.05) is 44.3 Å². The van der Waals surface area contributed by atoms with Gasteiger partial charge in [-0.05, 0) is 74.1 Å². The van der Waals surface area contributed by atoms with Gasteiger partial charge in [-0.2, -0.15) is 0 Å². The molecule has 4 rings (SSSR count). The Labute approximate surface area is 188 Å². The molecule has 2 aromatic heterocycles. The highest BCUT2D eigenvalue weighted by atomic mass is 32.2. The topological polar surface area (TPSA) is 79.3 Å². The molecule has 1 saturated heterocycles. The van der Waals surface area contributed by atoms with Crippen molar-refractivity contribution in [3.8, 4) is 0 Å². The molecule has 1 aliphatic heterocycles. The Kier molecular flexibility index (Phi) is 5.49. The van der Waals surface area contributed by atoms with Crippen LogP contribution in [0.4, 0.5) is 11.4 Å². The van der Waals surface area contributed by atoms with Crippen LogP contribution in [-0.4, -0.2) is 29.3 Å². The number of nitrogens with one attached hydrogen (secondary N) is 2. The lowest BCUT2D eigenvalue weighted by Crippen LogP contribution is -2.30. The predicted molar refractivity (Wildman–Crippen MR) is 128 cm³/mol. The van der Waals surface area contributed by atoms with E-state index in [0.29, 0.717) is 10.8 Å². The quantitative estimate of drug-likeness (QED) is 0.573. The fourth-order valence-electron chi connectivity index (χ4n) is 3.98. The summed E-state index contributed by atoms with van der Waals surface area (Å²) in [6.07, 6.45) is 2.93. The zero-order valence-electron chi connectivity index (χ0n) is 17.8. The third kappa shape index (κ3) is 4.15. The highest BCUT2D eigenvalue weighted by Gasteiger charge is 2.42. The molecule has 1 aliphatic rings. The molecule has 2 unspecified atom stereocenters. The lowest BCUT2D eigenvalue weighted by atomic mass is 10.0. The van der Waals surface area contributed by atoms with Gasteiger partial charge in [0.25, 0.3) is 0 Å². The van der Waals surface area contributed by atoms with Crippen LogP contribution in [0.25, 0.3) is 0 Å². The van der Waals surface area contributed by atoms with Crippen molar-refractivity contribution in [1.82, 2.24) is 14.9 Å². The third-order valence-corrected chi connectivity index (χ3v) is 6.50. The molecule has 1 aromatic carbocycles. The van der Waals surface area contributed by atoms with E-state index in [1.165, 1.54) is 0 Å². The summed E-state index contributed by atoms with van der Waals surface area (Å²) in [5, 5.41) is 4.05. The molecule has 7 nitrogen and oxygen atoms in total. The number of pyridine rings is 1. The number of benzene rings is 1. The molecule has 31 heavy (non-hydrogen) atoms. The molecule has 3 heterocycles. The Balaban J connectivity index is 1.81. The second-order valence-corrected chi connectivity index (χ2v) is 9.96. The fraction of sp³-hybridized carbons (Fsp3) is 0.273. The van der Waals surface area contributed by atoms with Gasteiger partial charge in [-0.1, -0.05) is 6.07 Å². The van der Waals surface area contributed by atoms with E-state index in [9.17, 15) is 8.42 Å². The molecule has 0 radical (unpaired) electrons. The van der Waals surface area contributed by atoms with E-state index >= 15 is 0 Å². The normalized spacial score (nSPS) is 18.8. The molecule has 162 valence electrons. The summed E-state index contributed by atoms with van der Waals surface area (Å²) in [4.78, 5) is 6.66. The highest BCUT2D eigenvalue weighted by Crippen LogP contribution is 2.42. The number of sulfonamides is 1. The minimum Gasteiger partial charge on any atom is -0.351 e. The van der Waals surface area contributed by atoms with E-state index in [1.54, 1.807) is 12.3 Å². The van der Waals surface area contributed by atoms with Gasteiger partial charge in [-0.3, -0.25) is 9.71 Å². The van der Waals surface area contributed by atoms with Crippen LogP contribution in [0.5, 0.6) is 0 Å². The molecule has 0 spiro atoms. The van der Waals surface area contributed by atoms with Crippen molar-refractivity contribution < 1.29 is 8.42 Å². The Bertz CT molecular complexity index is 1240. The predicted octanol–water partition coefficient (Wildman–Crippen LogP) is 3.59. The molecule has 9 heteroatoms. The molecular formula is C22H25N5O2S2. The summed E-state index contributed by atoms with van der Waals surface area (Å²) in [5.74, 6) is 0. The molecule has 2 atom stereocenters. The Hall–Kier alpha value is -2.91. The van der Waals surface area contributed by atoms with E-state index in [-0.39, 0.29) is 12.1 Å². The number of aromatic nitrogens is 2. The second kappa shape index (κ2) is 7.97. The highest BCUT2D eigenvalue weighted by molar-refractivity contribution is 7.92. The monoisotopic (exact) mass is 455 g/mol. The number of aryl methyl sites for hydroxylation is 2. The summed E-state index contributed by atoms with van der Waals surface area (Å²) < 4.78 is 28.0. The average Bonchev–Trinajstić information content (AvgIpc) is 3.22. The van der Waals surface area contributed by atoms with Crippen LogP contribution in [0.2, 0.25) is 0 Å². The van der Waals surface area contributed by atoms with Crippen molar-refractivity contribution >= 4 is 38.7 Å². The second-order valence-electron chi connectivity index (χ2n) is 7.83. The van der Waals surface area contributed by atoms with Gasteiger partial charge in [0, 0.05) is 30.3 Å². The van der Waals surface area contributed by atoms with Gasteiger partial charge in [0.2, 0.25) is 10.0 Å². The lowest BCUT2D eigenvalue weighted by Gasteiger charge is -2.29. The zero-order valence-corrected chi connectivity index (χ0v) is 19.5. The van der Waals surface area contributed by atoms with Crippen molar-refractivity contribution in [3.05, 3.63) is 77.4 Å². The van der Waals surface area contributed by atoms with Crippen molar-refractivity contribution in [2.24, 2.45) is 7.05 Å². The van der Waals surface area contributed by atoms with Gasteiger partial charge in [0.05, 0.1) is 23.7 Å². The minimum absolute atomic E-state index is 0.116. The minimum atomic E-state index is -3.36. The van der Waals surface area contributed by atoms with Crippen molar-refractivity contribution in [1.29, 1.82) is 0 Å². The number of nitrogens with zero attached hydrogens (tertiary/aromatic N) is 3. The zero-order chi connectivity index (χ0) is 22.3. The summed E-state index contributed by atoms with van der Waals surface area (Å²) >= 11 is 5.76. The number of hydrogen-bond donors (Lipinski definition) is 2. The van der Waals surface area contributed by atoms with Crippen LogP contribution >= 0.6 is 12.2 Å². The first kappa shape index (κ1) is 21.3. The SMILES string of the molecule is Cc1cc(N2C(=S)NC(c3ccccn3)C2c2ccc(C)n2C)ccc1NS(C)(=O)=O. The van der Waals surface area contributed by atoms with Crippen LogP contribution < -0.4 is 14.9 Å². The first-order valence-corrected chi connectivity index (χ1v) is 12.2. The summed E-state index contributed by atoms with van der Waals surface area (Å²) in [7, 11) is -1.31. The number of hydrogen-bond acceptors (Lipinski definition) is 4. The number of anilines is 2. The maximum absolute atomic E-state index is 11.7. The molecule has 1 fully saturated rings. The standard InChI is InChI=1S/C22H25N5O2S2/c1-14-13-16(9-10-17(14)25-31(4,28)29)27-21(19-11-8-15(2)26(19)3)20(24-22(27)30)18-7-5-6-12-23-18/h5-13,20-21,25H,1-4H3,(H,24,30). The smallest absolute Gasteiger partial charge is 0.229 e. The summed E-state index contributed by atoms with van der Waals surface area (Å²) in [6, 6.07) is 15.4. The molecule has 2 N–H and O–H groups in total. The fourth-order valence-corrected chi connectivity index (χ4v) is 4.95. The molecule has 0 saturated carbocycles. The molecule has 0 aliphatic carbocycles. The summed E-state index contributed by atoms with van der Waals surface area (Å²) in [6.45, 7) is 3.95. The van der Waals surface area contributed by atoms with E-state index in [4.69, 9.17) is 12.2 Å². The van der Waals surface area contributed by atoms with Gasteiger partial charge < -0.3 is 14.8 Å².